The molecule has 0 spiro atoms. The number of carbonyl (C=O) groups excluding carboxylic acids is 1. The van der Waals surface area contributed by atoms with E-state index in [1.54, 1.807) is 0 Å². The smallest absolute Gasteiger partial charge is 0.310 e. The molecule has 0 aliphatic carbocycles. The maximum absolute atomic E-state index is 11.4. The Morgan fingerprint density at radius 2 is 2.12 bits per heavy atom. The van der Waals surface area contributed by atoms with Gasteiger partial charge in [0.25, 0.3) is 0 Å². The predicted molar refractivity (Wildman–Crippen MR) is 60.1 cm³/mol. The number of ether oxygens (including phenoxy) is 1. The molecule has 2 fully saturated rings. The molecule has 7 heteroatoms. The van der Waals surface area contributed by atoms with Crippen LogP contribution in [0.15, 0.2) is 0 Å². The molecule has 2 aliphatic rings. The van der Waals surface area contributed by atoms with Gasteiger partial charge in [-0.15, -0.1) is 0 Å². The molecule has 1 N–H and O–H groups in total. The summed E-state index contributed by atoms with van der Waals surface area (Å²) < 4.78 is 27.5. The molecule has 2 rings (SSSR count). The van der Waals surface area contributed by atoms with Crippen molar-refractivity contribution in [1.29, 1.82) is 0 Å². The SMILES string of the molecule is COC(=O)C1CCN(C2CS(=O)(=O)CC2O)C1. The van der Waals surface area contributed by atoms with Crippen molar-refractivity contribution in [2.24, 2.45) is 5.92 Å². The highest BCUT2D eigenvalue weighted by Gasteiger charge is 2.43. The summed E-state index contributed by atoms with van der Waals surface area (Å²) in [5.41, 5.74) is 0. The summed E-state index contributed by atoms with van der Waals surface area (Å²) in [6.45, 7) is 1.11. The molecule has 0 amide bonds. The minimum Gasteiger partial charge on any atom is -0.469 e. The van der Waals surface area contributed by atoms with Crippen LogP contribution in [0.3, 0.4) is 0 Å². The van der Waals surface area contributed by atoms with E-state index in [2.05, 4.69) is 4.74 Å². The molecular weight excluding hydrogens is 246 g/mol. The Kier molecular flexibility index (Phi) is 3.42. The molecule has 2 saturated heterocycles. The van der Waals surface area contributed by atoms with E-state index in [4.69, 9.17) is 0 Å². The summed E-state index contributed by atoms with van der Waals surface area (Å²) in [7, 11) is -1.79. The molecule has 17 heavy (non-hydrogen) atoms. The third kappa shape index (κ3) is 2.61. The van der Waals surface area contributed by atoms with E-state index < -0.39 is 15.9 Å². The summed E-state index contributed by atoms with van der Waals surface area (Å²) >= 11 is 0. The summed E-state index contributed by atoms with van der Waals surface area (Å²) in [6, 6.07) is -0.366. The topological polar surface area (TPSA) is 83.9 Å². The van der Waals surface area contributed by atoms with Gasteiger partial charge in [0.1, 0.15) is 0 Å². The number of nitrogens with zero attached hydrogens (tertiary/aromatic N) is 1. The average molecular weight is 263 g/mol. The Morgan fingerprint density at radius 3 is 2.65 bits per heavy atom. The van der Waals surface area contributed by atoms with Gasteiger partial charge in [-0.25, -0.2) is 8.42 Å². The second kappa shape index (κ2) is 4.55. The van der Waals surface area contributed by atoms with Crippen LogP contribution >= 0.6 is 0 Å². The highest BCUT2D eigenvalue weighted by Crippen LogP contribution is 2.25. The average Bonchev–Trinajstić information content (AvgIpc) is 2.81. The zero-order chi connectivity index (χ0) is 12.6. The van der Waals surface area contributed by atoms with Crippen molar-refractivity contribution in [3.63, 3.8) is 0 Å². The lowest BCUT2D eigenvalue weighted by atomic mass is 10.1. The number of aliphatic hydroxyl groups is 1. The molecule has 0 saturated carbocycles. The molecule has 3 atom stereocenters. The molecule has 0 aromatic heterocycles. The van der Waals surface area contributed by atoms with Gasteiger partial charge in [-0.3, -0.25) is 9.69 Å². The van der Waals surface area contributed by atoms with E-state index in [9.17, 15) is 18.3 Å². The van der Waals surface area contributed by atoms with Gasteiger partial charge in [-0.2, -0.15) is 0 Å². The summed E-state index contributed by atoms with van der Waals surface area (Å²) in [5.74, 6) is -0.641. The Balaban J connectivity index is 2.00. The van der Waals surface area contributed by atoms with Crippen LogP contribution in [0.2, 0.25) is 0 Å². The van der Waals surface area contributed by atoms with Crippen molar-refractivity contribution < 1.29 is 23.1 Å². The van der Waals surface area contributed by atoms with Gasteiger partial charge in [-0.05, 0) is 13.0 Å². The van der Waals surface area contributed by atoms with Gasteiger partial charge < -0.3 is 9.84 Å². The largest absolute Gasteiger partial charge is 0.469 e. The Bertz CT molecular complexity index is 407. The van der Waals surface area contributed by atoms with Gasteiger partial charge in [-0.1, -0.05) is 0 Å². The number of sulfone groups is 1. The van der Waals surface area contributed by atoms with Gasteiger partial charge in [0.2, 0.25) is 0 Å². The first-order chi connectivity index (χ1) is 7.93. The molecule has 2 aliphatic heterocycles. The van der Waals surface area contributed by atoms with Crippen molar-refractivity contribution in [3.05, 3.63) is 0 Å². The van der Waals surface area contributed by atoms with Gasteiger partial charge in [0, 0.05) is 6.54 Å². The minimum atomic E-state index is -3.13. The van der Waals surface area contributed by atoms with Gasteiger partial charge >= 0.3 is 5.97 Å². The quantitative estimate of drug-likeness (QED) is 0.619. The van der Waals surface area contributed by atoms with Gasteiger partial charge in [0.05, 0.1) is 36.7 Å². The molecule has 3 unspecified atom stereocenters. The van der Waals surface area contributed by atoms with Crippen LogP contribution in [0.5, 0.6) is 0 Å². The number of rotatable bonds is 2. The predicted octanol–water partition coefficient (Wildman–Crippen LogP) is -1.36. The number of hydrogen-bond donors (Lipinski definition) is 1. The van der Waals surface area contributed by atoms with Gasteiger partial charge in [0.15, 0.2) is 9.84 Å². The fraction of sp³-hybridized carbons (Fsp3) is 0.900. The van der Waals surface area contributed by atoms with E-state index >= 15 is 0 Å². The van der Waals surface area contributed by atoms with E-state index in [-0.39, 0.29) is 29.4 Å². The Labute approximate surface area is 100 Å². The van der Waals surface area contributed by atoms with Crippen LogP contribution in [-0.2, 0) is 19.4 Å². The molecule has 0 aromatic rings. The third-order valence-electron chi connectivity index (χ3n) is 3.52. The standard InChI is InChI=1S/C10H17NO5S/c1-16-10(13)7-2-3-11(4-7)8-5-17(14,15)6-9(8)12/h7-9,12H,2-6H2,1H3. The number of aliphatic hydroxyl groups excluding tert-OH is 1. The lowest BCUT2D eigenvalue weighted by Gasteiger charge is -2.25. The van der Waals surface area contributed by atoms with Crippen LogP contribution in [-0.4, -0.2) is 68.2 Å². The number of methoxy groups -OCH3 is 1. The highest BCUT2D eigenvalue weighted by atomic mass is 32.2. The molecule has 0 bridgehead atoms. The van der Waals surface area contributed by atoms with E-state index in [1.165, 1.54) is 7.11 Å². The Morgan fingerprint density at radius 1 is 1.41 bits per heavy atom. The van der Waals surface area contributed by atoms with Crippen LogP contribution in [0.1, 0.15) is 6.42 Å². The third-order valence-corrected chi connectivity index (χ3v) is 5.22. The summed E-state index contributed by atoms with van der Waals surface area (Å²) in [4.78, 5) is 13.2. The summed E-state index contributed by atoms with van der Waals surface area (Å²) in [5, 5.41) is 9.73. The monoisotopic (exact) mass is 263 g/mol. The fourth-order valence-electron chi connectivity index (χ4n) is 2.61. The highest BCUT2D eigenvalue weighted by molar-refractivity contribution is 7.91. The molecule has 0 radical (unpaired) electrons. The van der Waals surface area contributed by atoms with Crippen LogP contribution in [0.25, 0.3) is 0 Å². The van der Waals surface area contributed by atoms with E-state index in [0.717, 1.165) is 0 Å². The lowest BCUT2D eigenvalue weighted by Crippen LogP contribution is -2.42. The molecule has 98 valence electrons. The van der Waals surface area contributed by atoms with Crippen molar-refractivity contribution in [2.45, 2.75) is 18.6 Å². The van der Waals surface area contributed by atoms with Crippen molar-refractivity contribution in [3.8, 4) is 0 Å². The zero-order valence-corrected chi connectivity index (χ0v) is 10.5. The first kappa shape index (κ1) is 12.8. The lowest BCUT2D eigenvalue weighted by molar-refractivity contribution is -0.145. The maximum atomic E-state index is 11.4. The minimum absolute atomic E-state index is 0.0118. The van der Waals surface area contributed by atoms with Crippen LogP contribution in [0.4, 0.5) is 0 Å². The molecule has 2 heterocycles. The zero-order valence-electron chi connectivity index (χ0n) is 9.70. The first-order valence-corrected chi connectivity index (χ1v) is 7.45. The first-order valence-electron chi connectivity index (χ1n) is 5.63. The number of esters is 1. The van der Waals surface area contributed by atoms with E-state index in [1.807, 2.05) is 4.90 Å². The normalized spacial score (nSPS) is 37.2. The Hall–Kier alpha value is -0.660. The molecule has 6 nitrogen and oxygen atoms in total. The van der Waals surface area contributed by atoms with Crippen molar-refractivity contribution in [2.75, 3.05) is 31.7 Å². The van der Waals surface area contributed by atoms with Crippen LogP contribution < -0.4 is 0 Å². The van der Waals surface area contributed by atoms with Crippen molar-refractivity contribution >= 4 is 15.8 Å². The number of likely N-dealkylation sites (tertiary alicyclic amines) is 1. The van der Waals surface area contributed by atoms with Crippen molar-refractivity contribution in [1.82, 2.24) is 4.90 Å². The van der Waals surface area contributed by atoms with Crippen LogP contribution in [0, 0.1) is 5.92 Å². The summed E-state index contributed by atoms with van der Waals surface area (Å²) in [6.07, 6.45) is -0.174. The number of hydrogen-bond acceptors (Lipinski definition) is 6. The fourth-order valence-corrected chi connectivity index (χ4v) is 4.44. The second-order valence-corrected chi connectivity index (χ2v) is 6.87. The second-order valence-electron chi connectivity index (χ2n) is 4.72. The molecule has 0 aromatic carbocycles. The maximum Gasteiger partial charge on any atom is 0.310 e. The number of carbonyl (C=O) groups is 1. The van der Waals surface area contributed by atoms with E-state index in [0.29, 0.717) is 19.5 Å². The molecular formula is C10H17NO5S.